The Balaban J connectivity index is 2.60. The first-order chi connectivity index (χ1) is 8.61. The molecular weight excluding hydrogens is 238 g/mol. The number of hydrogen-bond acceptors (Lipinski definition) is 2. The van der Waals surface area contributed by atoms with Gasteiger partial charge in [-0.15, -0.1) is 11.8 Å². The molecule has 0 saturated carbocycles. The predicted octanol–water partition coefficient (Wildman–Crippen LogP) is 5.13. The van der Waals surface area contributed by atoms with Crippen LogP contribution in [0.4, 0.5) is 0 Å². The monoisotopic (exact) mass is 261 g/mol. The molecule has 0 unspecified atom stereocenters. The van der Waals surface area contributed by atoms with E-state index in [0.29, 0.717) is 11.8 Å². The van der Waals surface area contributed by atoms with Crippen LogP contribution in [0.25, 0.3) is 5.57 Å². The van der Waals surface area contributed by atoms with Crippen molar-refractivity contribution in [3.63, 3.8) is 0 Å². The molecule has 1 aromatic rings. The molecule has 0 amide bonds. The fourth-order valence-corrected chi connectivity index (χ4v) is 3.51. The van der Waals surface area contributed by atoms with Gasteiger partial charge < -0.3 is 0 Å². The third-order valence-corrected chi connectivity index (χ3v) is 4.51. The molecule has 1 aromatic heterocycles. The van der Waals surface area contributed by atoms with Crippen molar-refractivity contribution in [3.8, 4) is 0 Å². The fourth-order valence-electron chi connectivity index (χ4n) is 2.46. The molecule has 98 valence electrons. The van der Waals surface area contributed by atoms with Crippen LogP contribution in [0.3, 0.4) is 0 Å². The maximum absolute atomic E-state index is 4.64. The Hall–Kier alpha value is -0.760. The highest BCUT2D eigenvalue weighted by molar-refractivity contribution is 7.99. The van der Waals surface area contributed by atoms with Crippen LogP contribution in [0.1, 0.15) is 57.7 Å². The highest BCUT2D eigenvalue weighted by Gasteiger charge is 2.19. The number of allylic oxidation sites excluding steroid dienone is 2. The third kappa shape index (κ3) is 2.80. The summed E-state index contributed by atoms with van der Waals surface area (Å²) in [6.45, 7) is 9.06. The van der Waals surface area contributed by atoms with Crippen LogP contribution in [0.2, 0.25) is 0 Å². The van der Waals surface area contributed by atoms with Crippen LogP contribution in [0.5, 0.6) is 0 Å². The second-order valence-electron chi connectivity index (χ2n) is 5.53. The van der Waals surface area contributed by atoms with Gasteiger partial charge in [-0.2, -0.15) is 0 Å². The van der Waals surface area contributed by atoms with Gasteiger partial charge in [0.15, 0.2) is 0 Å². The number of fused-ring (bicyclic) bond motifs is 1. The molecule has 0 bridgehead atoms. The lowest BCUT2D eigenvalue weighted by molar-refractivity contribution is 0.786. The zero-order valence-corrected chi connectivity index (χ0v) is 12.7. The number of hydrogen-bond donors (Lipinski definition) is 0. The van der Waals surface area contributed by atoms with Crippen LogP contribution < -0.4 is 0 Å². The summed E-state index contributed by atoms with van der Waals surface area (Å²) in [7, 11) is 0. The standard InChI is InChI=1S/C16H23NS/c1-11(2)13-7-5-6-10-18-14-8-9-17-16(12(3)4)15(13)14/h7-9,11-12H,5-6,10H2,1-4H3/b13-7-. The summed E-state index contributed by atoms with van der Waals surface area (Å²) in [6.07, 6.45) is 6.89. The van der Waals surface area contributed by atoms with Gasteiger partial charge in [-0.3, -0.25) is 4.98 Å². The molecule has 1 aliphatic heterocycles. The van der Waals surface area contributed by atoms with Crippen LogP contribution >= 0.6 is 11.8 Å². The topological polar surface area (TPSA) is 12.9 Å². The smallest absolute Gasteiger partial charge is 0.0515 e. The fraction of sp³-hybridized carbons (Fsp3) is 0.562. The lowest BCUT2D eigenvalue weighted by atomic mass is 9.89. The van der Waals surface area contributed by atoms with Crippen molar-refractivity contribution in [1.82, 2.24) is 4.98 Å². The average Bonchev–Trinajstić information content (AvgIpc) is 2.28. The summed E-state index contributed by atoms with van der Waals surface area (Å²) in [6, 6.07) is 2.19. The summed E-state index contributed by atoms with van der Waals surface area (Å²) in [4.78, 5) is 6.07. The zero-order chi connectivity index (χ0) is 13.1. The second-order valence-corrected chi connectivity index (χ2v) is 6.67. The van der Waals surface area contributed by atoms with Crippen LogP contribution in [0.15, 0.2) is 23.2 Å². The molecule has 2 heterocycles. The molecule has 0 radical (unpaired) electrons. The lowest BCUT2D eigenvalue weighted by Gasteiger charge is -2.22. The van der Waals surface area contributed by atoms with Gasteiger partial charge in [0, 0.05) is 16.7 Å². The quantitative estimate of drug-likeness (QED) is 0.732. The number of rotatable bonds is 2. The normalized spacial score (nSPS) is 19.1. The molecule has 1 aliphatic rings. The maximum Gasteiger partial charge on any atom is 0.0515 e. The number of aromatic nitrogens is 1. The number of pyridine rings is 1. The Kier molecular flexibility index (Phi) is 4.50. The minimum absolute atomic E-state index is 0.488. The van der Waals surface area contributed by atoms with Crippen LogP contribution in [-0.4, -0.2) is 10.7 Å². The van der Waals surface area contributed by atoms with Gasteiger partial charge in [-0.25, -0.2) is 0 Å². The molecule has 0 aromatic carbocycles. The van der Waals surface area contributed by atoms with Crippen molar-refractivity contribution in [1.29, 1.82) is 0 Å². The van der Waals surface area contributed by atoms with E-state index < -0.39 is 0 Å². The molecular formula is C16H23NS. The van der Waals surface area contributed by atoms with Crippen LogP contribution in [0, 0.1) is 5.92 Å². The summed E-state index contributed by atoms with van der Waals surface area (Å²) in [5.41, 5.74) is 4.18. The molecule has 18 heavy (non-hydrogen) atoms. The SMILES string of the molecule is CC(C)/C1=C/CCCSc2ccnc(C(C)C)c21. The first-order valence-corrected chi connectivity index (χ1v) is 7.92. The Bertz CT molecular complexity index is 446. The Morgan fingerprint density at radius 1 is 1.17 bits per heavy atom. The molecule has 0 N–H and O–H groups in total. The summed E-state index contributed by atoms with van der Waals surface area (Å²) < 4.78 is 0. The van der Waals surface area contributed by atoms with Crippen molar-refractivity contribution in [2.75, 3.05) is 5.75 Å². The largest absolute Gasteiger partial charge is 0.260 e. The Morgan fingerprint density at radius 3 is 2.61 bits per heavy atom. The van der Waals surface area contributed by atoms with Gasteiger partial charge in [-0.05, 0) is 42.1 Å². The minimum Gasteiger partial charge on any atom is -0.260 e. The summed E-state index contributed by atoms with van der Waals surface area (Å²) in [5, 5.41) is 0. The van der Waals surface area contributed by atoms with E-state index in [1.807, 2.05) is 18.0 Å². The Labute approximate surface area is 115 Å². The van der Waals surface area contributed by atoms with Crippen LogP contribution in [-0.2, 0) is 0 Å². The summed E-state index contributed by atoms with van der Waals surface area (Å²) >= 11 is 1.99. The lowest BCUT2D eigenvalue weighted by Crippen LogP contribution is -2.06. The maximum atomic E-state index is 4.64. The molecule has 0 aliphatic carbocycles. The second kappa shape index (κ2) is 5.92. The van der Waals surface area contributed by atoms with Gasteiger partial charge in [-0.1, -0.05) is 33.8 Å². The molecule has 2 rings (SSSR count). The molecule has 0 atom stereocenters. The van der Waals surface area contributed by atoms with E-state index in [1.165, 1.54) is 40.3 Å². The van der Waals surface area contributed by atoms with Gasteiger partial charge in [0.05, 0.1) is 5.69 Å². The minimum atomic E-state index is 0.488. The van der Waals surface area contributed by atoms with Gasteiger partial charge >= 0.3 is 0 Å². The first-order valence-electron chi connectivity index (χ1n) is 6.93. The van der Waals surface area contributed by atoms with Crippen molar-refractivity contribution in [2.24, 2.45) is 5.92 Å². The van der Waals surface area contributed by atoms with Gasteiger partial charge in [0.25, 0.3) is 0 Å². The van der Waals surface area contributed by atoms with E-state index in [-0.39, 0.29) is 0 Å². The average molecular weight is 261 g/mol. The third-order valence-electron chi connectivity index (χ3n) is 3.37. The van der Waals surface area contributed by atoms with E-state index in [1.54, 1.807) is 0 Å². The van der Waals surface area contributed by atoms with Crippen molar-refractivity contribution >= 4 is 17.3 Å². The van der Waals surface area contributed by atoms with Gasteiger partial charge in [0.2, 0.25) is 0 Å². The van der Waals surface area contributed by atoms with Crippen molar-refractivity contribution < 1.29 is 0 Å². The molecule has 1 nitrogen and oxygen atoms in total. The molecule has 0 fully saturated rings. The molecule has 0 saturated heterocycles. The van der Waals surface area contributed by atoms with E-state index in [2.05, 4.69) is 44.8 Å². The highest BCUT2D eigenvalue weighted by Crippen LogP contribution is 2.38. The van der Waals surface area contributed by atoms with Crippen molar-refractivity contribution in [3.05, 3.63) is 29.6 Å². The number of thioether (sulfide) groups is 1. The van der Waals surface area contributed by atoms with Gasteiger partial charge in [0.1, 0.15) is 0 Å². The summed E-state index contributed by atoms with van der Waals surface area (Å²) in [5.74, 6) is 2.28. The van der Waals surface area contributed by atoms with E-state index >= 15 is 0 Å². The van der Waals surface area contributed by atoms with E-state index in [9.17, 15) is 0 Å². The van der Waals surface area contributed by atoms with Crippen molar-refractivity contribution in [2.45, 2.75) is 51.3 Å². The number of nitrogens with zero attached hydrogens (tertiary/aromatic N) is 1. The van der Waals surface area contributed by atoms with E-state index in [0.717, 1.165) is 0 Å². The Morgan fingerprint density at radius 2 is 1.94 bits per heavy atom. The zero-order valence-electron chi connectivity index (χ0n) is 11.9. The predicted molar refractivity (Wildman–Crippen MR) is 81.1 cm³/mol. The molecule has 0 spiro atoms. The van der Waals surface area contributed by atoms with E-state index in [4.69, 9.17) is 0 Å². The first kappa shape index (κ1) is 13.7. The highest BCUT2D eigenvalue weighted by atomic mass is 32.2. The molecule has 2 heteroatoms.